The molecule has 1 fully saturated rings. The van der Waals surface area contributed by atoms with E-state index in [4.69, 9.17) is 5.73 Å². The number of Topliss-reactive ketones (excluding diaryl/α,β-unsaturated/α-hetero) is 1. The molecule has 0 bridgehead atoms. The SMILES string of the molecule is Nc1cccc2nnn(N3CCCC(=O)C3=O)c(=O)c12. The van der Waals surface area contributed by atoms with Gasteiger partial charge in [0.05, 0.1) is 5.39 Å². The Kier molecular flexibility index (Phi) is 2.70. The number of ketones is 1. The summed E-state index contributed by atoms with van der Waals surface area (Å²) in [4.78, 5) is 36.5. The first kappa shape index (κ1) is 12.3. The summed E-state index contributed by atoms with van der Waals surface area (Å²) in [7, 11) is 0. The molecular formula is C12H11N5O3. The number of nitrogens with two attached hydrogens (primary N) is 1. The molecule has 1 aliphatic rings. The minimum Gasteiger partial charge on any atom is -0.398 e. The van der Waals surface area contributed by atoms with E-state index in [1.54, 1.807) is 18.2 Å². The van der Waals surface area contributed by atoms with Crippen molar-refractivity contribution < 1.29 is 9.59 Å². The lowest BCUT2D eigenvalue weighted by atomic mass is 10.1. The summed E-state index contributed by atoms with van der Waals surface area (Å²) in [5.74, 6) is -1.28. The predicted molar refractivity (Wildman–Crippen MR) is 70.5 cm³/mol. The fourth-order valence-corrected chi connectivity index (χ4v) is 2.19. The average Bonchev–Trinajstić information content (AvgIpc) is 2.43. The number of fused-ring (bicyclic) bond motifs is 1. The molecule has 0 spiro atoms. The molecule has 8 nitrogen and oxygen atoms in total. The summed E-state index contributed by atoms with van der Waals surface area (Å²) in [6.07, 6.45) is 0.675. The third kappa shape index (κ3) is 1.73. The zero-order valence-corrected chi connectivity index (χ0v) is 10.4. The summed E-state index contributed by atoms with van der Waals surface area (Å²) in [6, 6.07) is 4.83. The topological polar surface area (TPSA) is 111 Å². The van der Waals surface area contributed by atoms with Crippen LogP contribution < -0.4 is 16.3 Å². The van der Waals surface area contributed by atoms with Crippen LogP contribution in [0.2, 0.25) is 0 Å². The van der Waals surface area contributed by atoms with E-state index in [1.807, 2.05) is 0 Å². The van der Waals surface area contributed by atoms with E-state index in [1.165, 1.54) is 0 Å². The lowest BCUT2D eigenvalue weighted by Crippen LogP contribution is -2.53. The number of nitrogens with zero attached hydrogens (tertiary/aromatic N) is 4. The maximum Gasteiger partial charge on any atom is 0.310 e. The zero-order chi connectivity index (χ0) is 14.3. The average molecular weight is 273 g/mol. The van der Waals surface area contributed by atoms with Crippen LogP contribution in [0.1, 0.15) is 12.8 Å². The molecule has 3 rings (SSSR count). The second-order valence-corrected chi connectivity index (χ2v) is 4.48. The molecule has 1 aromatic carbocycles. The molecule has 0 atom stereocenters. The molecule has 2 heterocycles. The van der Waals surface area contributed by atoms with Crippen LogP contribution in [-0.4, -0.2) is 33.3 Å². The Morgan fingerprint density at radius 2 is 2.00 bits per heavy atom. The first-order valence-electron chi connectivity index (χ1n) is 6.09. The predicted octanol–water partition coefficient (Wildman–Crippen LogP) is -0.799. The van der Waals surface area contributed by atoms with Gasteiger partial charge in [0, 0.05) is 18.7 Å². The minimum atomic E-state index is -0.749. The number of rotatable bonds is 1. The molecule has 2 N–H and O–H groups in total. The zero-order valence-electron chi connectivity index (χ0n) is 10.4. The number of amides is 1. The second-order valence-electron chi connectivity index (χ2n) is 4.48. The van der Waals surface area contributed by atoms with Crippen LogP contribution >= 0.6 is 0 Å². The molecule has 2 aromatic rings. The van der Waals surface area contributed by atoms with Gasteiger partial charge < -0.3 is 5.73 Å². The van der Waals surface area contributed by atoms with Crippen molar-refractivity contribution in [1.29, 1.82) is 0 Å². The van der Waals surface area contributed by atoms with E-state index in [0.717, 1.165) is 9.80 Å². The standard InChI is InChI=1S/C12H11N5O3/c13-7-3-1-4-8-10(7)12(20)17(15-14-8)16-6-2-5-9(18)11(16)19/h1,3-4H,2,5-6,13H2. The van der Waals surface area contributed by atoms with Crippen molar-refractivity contribution in [3.8, 4) is 0 Å². The van der Waals surface area contributed by atoms with E-state index in [-0.39, 0.29) is 24.0 Å². The number of anilines is 1. The number of benzene rings is 1. The molecule has 0 radical (unpaired) electrons. The Morgan fingerprint density at radius 1 is 1.20 bits per heavy atom. The van der Waals surface area contributed by atoms with Crippen LogP contribution in [0.5, 0.6) is 0 Å². The maximum absolute atomic E-state index is 12.4. The summed E-state index contributed by atoms with van der Waals surface area (Å²) in [5, 5.41) is 8.77. The van der Waals surface area contributed by atoms with Crippen molar-refractivity contribution >= 4 is 28.3 Å². The van der Waals surface area contributed by atoms with E-state index in [0.29, 0.717) is 11.9 Å². The quantitative estimate of drug-likeness (QED) is 0.538. The first-order chi connectivity index (χ1) is 9.59. The van der Waals surface area contributed by atoms with Gasteiger partial charge in [0.2, 0.25) is 5.78 Å². The Morgan fingerprint density at radius 3 is 2.80 bits per heavy atom. The number of hydrogen-bond donors (Lipinski definition) is 1. The molecule has 1 aromatic heterocycles. The van der Waals surface area contributed by atoms with Crippen molar-refractivity contribution in [3.05, 3.63) is 28.6 Å². The van der Waals surface area contributed by atoms with Gasteiger partial charge in [-0.25, -0.2) is 5.01 Å². The summed E-state index contributed by atoms with van der Waals surface area (Å²) < 4.78 is 0. The highest BCUT2D eigenvalue weighted by atomic mass is 16.2. The number of hydrogen-bond acceptors (Lipinski definition) is 6. The third-order valence-electron chi connectivity index (χ3n) is 3.18. The van der Waals surface area contributed by atoms with Crippen molar-refractivity contribution in [2.24, 2.45) is 0 Å². The van der Waals surface area contributed by atoms with E-state index < -0.39 is 17.2 Å². The van der Waals surface area contributed by atoms with Crippen LogP contribution in [0.15, 0.2) is 23.0 Å². The fraction of sp³-hybridized carbons (Fsp3) is 0.250. The molecule has 102 valence electrons. The van der Waals surface area contributed by atoms with Crippen molar-refractivity contribution in [2.75, 3.05) is 17.3 Å². The van der Waals surface area contributed by atoms with E-state index in [9.17, 15) is 14.4 Å². The van der Waals surface area contributed by atoms with E-state index >= 15 is 0 Å². The van der Waals surface area contributed by atoms with E-state index in [2.05, 4.69) is 10.3 Å². The van der Waals surface area contributed by atoms with Crippen molar-refractivity contribution in [1.82, 2.24) is 15.1 Å². The Labute approximate surface area is 112 Å². The van der Waals surface area contributed by atoms with Gasteiger partial charge in [0.15, 0.2) is 0 Å². The lowest BCUT2D eigenvalue weighted by Gasteiger charge is -2.24. The van der Waals surface area contributed by atoms with Gasteiger partial charge in [0.25, 0.3) is 5.56 Å². The Balaban J connectivity index is 2.20. The molecule has 0 unspecified atom stereocenters. The van der Waals surface area contributed by atoms with Crippen LogP contribution in [0.25, 0.3) is 10.9 Å². The normalized spacial score (nSPS) is 15.9. The molecular weight excluding hydrogens is 262 g/mol. The van der Waals surface area contributed by atoms with Crippen molar-refractivity contribution in [2.45, 2.75) is 12.8 Å². The number of nitrogen functional groups attached to an aromatic ring is 1. The molecule has 0 saturated carbocycles. The number of piperidine rings is 1. The number of carbonyl (C=O) groups excluding carboxylic acids is 2. The van der Waals surface area contributed by atoms with Crippen LogP contribution in [0.4, 0.5) is 5.69 Å². The van der Waals surface area contributed by atoms with Crippen LogP contribution in [0, 0.1) is 0 Å². The Hall–Kier alpha value is -2.77. The highest BCUT2D eigenvalue weighted by molar-refractivity contribution is 6.40. The Bertz CT molecular complexity index is 782. The smallest absolute Gasteiger partial charge is 0.310 e. The monoisotopic (exact) mass is 273 g/mol. The van der Waals surface area contributed by atoms with Gasteiger partial charge in [-0.1, -0.05) is 6.07 Å². The van der Waals surface area contributed by atoms with Gasteiger partial charge in [-0.3, -0.25) is 14.4 Å². The van der Waals surface area contributed by atoms with Gasteiger partial charge >= 0.3 is 5.91 Å². The van der Waals surface area contributed by atoms with Crippen LogP contribution in [-0.2, 0) is 9.59 Å². The molecule has 20 heavy (non-hydrogen) atoms. The van der Waals surface area contributed by atoms with Gasteiger partial charge in [-0.2, -0.15) is 0 Å². The largest absolute Gasteiger partial charge is 0.398 e. The lowest BCUT2D eigenvalue weighted by molar-refractivity contribution is -0.138. The highest BCUT2D eigenvalue weighted by Crippen LogP contribution is 2.14. The minimum absolute atomic E-state index is 0.188. The highest BCUT2D eigenvalue weighted by Gasteiger charge is 2.29. The fourth-order valence-electron chi connectivity index (χ4n) is 2.19. The number of aromatic nitrogens is 3. The molecule has 1 amide bonds. The molecule has 0 aliphatic carbocycles. The summed E-state index contributed by atoms with van der Waals surface area (Å²) in [6.45, 7) is 0.247. The summed E-state index contributed by atoms with van der Waals surface area (Å²) in [5.41, 5.74) is 5.81. The van der Waals surface area contributed by atoms with Gasteiger partial charge in [0.1, 0.15) is 5.52 Å². The molecule has 8 heteroatoms. The number of carbonyl (C=O) groups is 2. The van der Waals surface area contributed by atoms with Gasteiger partial charge in [-0.05, 0) is 23.8 Å². The molecule has 1 saturated heterocycles. The first-order valence-corrected chi connectivity index (χ1v) is 6.09. The third-order valence-corrected chi connectivity index (χ3v) is 3.18. The van der Waals surface area contributed by atoms with Gasteiger partial charge in [-0.15, -0.1) is 9.89 Å². The molecule has 1 aliphatic heterocycles. The maximum atomic E-state index is 12.4. The summed E-state index contributed by atoms with van der Waals surface area (Å²) >= 11 is 0. The van der Waals surface area contributed by atoms with Crippen molar-refractivity contribution in [3.63, 3.8) is 0 Å². The van der Waals surface area contributed by atoms with Crippen LogP contribution in [0.3, 0.4) is 0 Å². The second kappa shape index (κ2) is 4.41.